The van der Waals surface area contributed by atoms with E-state index in [9.17, 15) is 4.79 Å². The number of para-hydroxylation sites is 1. The Kier molecular flexibility index (Phi) is 11.1. The highest BCUT2D eigenvalue weighted by atomic mass is 35.5. The van der Waals surface area contributed by atoms with Gasteiger partial charge in [-0.25, -0.2) is 0 Å². The van der Waals surface area contributed by atoms with Crippen molar-refractivity contribution in [1.82, 2.24) is 10.2 Å². The van der Waals surface area contributed by atoms with Crippen molar-refractivity contribution >= 4 is 36.4 Å². The van der Waals surface area contributed by atoms with E-state index in [1.807, 2.05) is 24.3 Å². The number of nitrogen functional groups attached to an aromatic ring is 1. The number of nitrogens with one attached hydrogen (secondary N) is 1. The van der Waals surface area contributed by atoms with E-state index in [4.69, 9.17) is 5.73 Å². The van der Waals surface area contributed by atoms with E-state index in [1.54, 1.807) is 0 Å². The van der Waals surface area contributed by atoms with Gasteiger partial charge in [-0.2, -0.15) is 0 Å². The van der Waals surface area contributed by atoms with E-state index in [0.29, 0.717) is 18.9 Å². The SMILES string of the molecule is CN(CCNC(=O)CCc1ccccc1N)C1CCCC1.Cl.Cl. The zero-order chi connectivity index (χ0) is 15.1. The van der Waals surface area contributed by atoms with Crippen LogP contribution in [0.3, 0.4) is 0 Å². The smallest absolute Gasteiger partial charge is 0.220 e. The molecule has 23 heavy (non-hydrogen) atoms. The van der Waals surface area contributed by atoms with Crippen molar-refractivity contribution in [2.24, 2.45) is 0 Å². The summed E-state index contributed by atoms with van der Waals surface area (Å²) in [5.41, 5.74) is 7.70. The van der Waals surface area contributed by atoms with Crippen LogP contribution in [0.15, 0.2) is 24.3 Å². The number of hydrogen-bond donors (Lipinski definition) is 2. The predicted octanol–water partition coefficient (Wildman–Crippen LogP) is 3.04. The molecule has 1 amide bonds. The molecule has 6 heteroatoms. The van der Waals surface area contributed by atoms with E-state index in [1.165, 1.54) is 25.7 Å². The highest BCUT2D eigenvalue weighted by Gasteiger charge is 2.18. The number of hydrogen-bond acceptors (Lipinski definition) is 3. The molecule has 1 aromatic rings. The normalized spacial score (nSPS) is 14.2. The van der Waals surface area contributed by atoms with Crippen LogP contribution in [0.4, 0.5) is 5.69 Å². The van der Waals surface area contributed by atoms with Gasteiger partial charge in [-0.15, -0.1) is 24.8 Å². The summed E-state index contributed by atoms with van der Waals surface area (Å²) in [6, 6.07) is 8.45. The van der Waals surface area contributed by atoms with Crippen molar-refractivity contribution in [2.45, 2.75) is 44.6 Å². The molecule has 3 N–H and O–H groups in total. The average Bonchev–Trinajstić information content (AvgIpc) is 3.00. The largest absolute Gasteiger partial charge is 0.399 e. The van der Waals surface area contributed by atoms with Gasteiger partial charge in [-0.1, -0.05) is 31.0 Å². The van der Waals surface area contributed by atoms with Gasteiger partial charge in [0.2, 0.25) is 5.91 Å². The monoisotopic (exact) mass is 361 g/mol. The van der Waals surface area contributed by atoms with Crippen molar-refractivity contribution in [3.8, 4) is 0 Å². The summed E-state index contributed by atoms with van der Waals surface area (Å²) in [6.45, 7) is 1.67. The third-order valence-corrected chi connectivity index (χ3v) is 4.41. The maximum Gasteiger partial charge on any atom is 0.220 e. The molecular weight excluding hydrogens is 333 g/mol. The van der Waals surface area contributed by atoms with Gasteiger partial charge in [-0.3, -0.25) is 4.79 Å². The Labute approximate surface area is 152 Å². The molecule has 0 saturated heterocycles. The number of benzene rings is 1. The summed E-state index contributed by atoms with van der Waals surface area (Å²) in [6.07, 6.45) is 6.51. The molecule has 0 bridgehead atoms. The first-order valence-electron chi connectivity index (χ1n) is 7.97. The summed E-state index contributed by atoms with van der Waals surface area (Å²) in [7, 11) is 2.16. The topological polar surface area (TPSA) is 58.4 Å². The van der Waals surface area contributed by atoms with Gasteiger partial charge in [0.1, 0.15) is 0 Å². The molecule has 0 spiro atoms. The number of amides is 1. The maximum atomic E-state index is 11.9. The highest BCUT2D eigenvalue weighted by Crippen LogP contribution is 2.21. The summed E-state index contributed by atoms with van der Waals surface area (Å²) in [5, 5.41) is 3.01. The van der Waals surface area contributed by atoms with Crippen LogP contribution in [0, 0.1) is 0 Å². The minimum absolute atomic E-state index is 0. The summed E-state index contributed by atoms with van der Waals surface area (Å²) in [4.78, 5) is 14.2. The third kappa shape index (κ3) is 7.42. The third-order valence-electron chi connectivity index (χ3n) is 4.41. The second-order valence-corrected chi connectivity index (χ2v) is 5.97. The lowest BCUT2D eigenvalue weighted by Gasteiger charge is -2.23. The summed E-state index contributed by atoms with van der Waals surface area (Å²) < 4.78 is 0. The van der Waals surface area contributed by atoms with Crippen LogP contribution >= 0.6 is 24.8 Å². The minimum Gasteiger partial charge on any atom is -0.399 e. The molecule has 0 heterocycles. The molecule has 132 valence electrons. The Bertz CT molecular complexity index is 465. The van der Waals surface area contributed by atoms with E-state index in [2.05, 4.69) is 17.3 Å². The van der Waals surface area contributed by atoms with Crippen molar-refractivity contribution in [2.75, 3.05) is 25.9 Å². The lowest BCUT2D eigenvalue weighted by Crippen LogP contribution is -2.37. The van der Waals surface area contributed by atoms with Crippen LogP contribution in [0.2, 0.25) is 0 Å². The predicted molar refractivity (Wildman–Crippen MR) is 102 cm³/mol. The zero-order valence-corrected chi connectivity index (χ0v) is 15.4. The standard InChI is InChI=1S/C17H27N3O.2ClH/c1-20(15-7-3-4-8-15)13-12-19-17(21)11-10-14-6-2-5-9-16(14)18;;/h2,5-6,9,15H,3-4,7-8,10-13,18H2,1H3,(H,19,21);2*1H. The van der Waals surface area contributed by atoms with Crippen molar-refractivity contribution in [1.29, 1.82) is 0 Å². The van der Waals surface area contributed by atoms with Crippen LogP contribution in [-0.2, 0) is 11.2 Å². The van der Waals surface area contributed by atoms with Crippen molar-refractivity contribution in [3.63, 3.8) is 0 Å². The quantitative estimate of drug-likeness (QED) is 0.733. The second-order valence-electron chi connectivity index (χ2n) is 5.97. The van der Waals surface area contributed by atoms with Crippen LogP contribution < -0.4 is 11.1 Å². The van der Waals surface area contributed by atoms with Gasteiger partial charge < -0.3 is 16.0 Å². The molecule has 0 aromatic heterocycles. The maximum absolute atomic E-state index is 11.9. The van der Waals surface area contributed by atoms with Crippen LogP contribution in [0.1, 0.15) is 37.7 Å². The Morgan fingerprint density at radius 3 is 2.57 bits per heavy atom. The number of likely N-dealkylation sites (N-methyl/N-ethyl adjacent to an activating group) is 1. The van der Waals surface area contributed by atoms with Gasteiger partial charge in [0, 0.05) is 31.2 Å². The number of halogens is 2. The van der Waals surface area contributed by atoms with Crippen LogP contribution in [0.5, 0.6) is 0 Å². The number of anilines is 1. The number of nitrogens with zero attached hydrogens (tertiary/aromatic N) is 1. The molecular formula is C17H29Cl2N3O. The summed E-state index contributed by atoms with van der Waals surface area (Å²) in [5.74, 6) is 0.109. The molecule has 1 aromatic carbocycles. The first-order chi connectivity index (χ1) is 10.2. The number of nitrogens with two attached hydrogens (primary N) is 1. The zero-order valence-electron chi connectivity index (χ0n) is 13.8. The Hall–Kier alpha value is -0.970. The molecule has 4 nitrogen and oxygen atoms in total. The van der Waals surface area contributed by atoms with Crippen LogP contribution in [-0.4, -0.2) is 37.0 Å². The second kappa shape index (κ2) is 11.5. The molecule has 1 aliphatic carbocycles. The molecule has 1 fully saturated rings. The lowest BCUT2D eigenvalue weighted by molar-refractivity contribution is -0.121. The Morgan fingerprint density at radius 1 is 1.26 bits per heavy atom. The lowest BCUT2D eigenvalue weighted by atomic mass is 10.1. The Morgan fingerprint density at radius 2 is 1.91 bits per heavy atom. The molecule has 0 radical (unpaired) electrons. The van der Waals surface area contributed by atoms with Crippen LogP contribution in [0.25, 0.3) is 0 Å². The molecule has 1 saturated carbocycles. The number of carbonyl (C=O) groups is 1. The minimum atomic E-state index is 0. The van der Waals surface area contributed by atoms with E-state index >= 15 is 0 Å². The fraction of sp³-hybridized carbons (Fsp3) is 0.588. The van der Waals surface area contributed by atoms with Gasteiger partial charge >= 0.3 is 0 Å². The fourth-order valence-corrected chi connectivity index (χ4v) is 3.00. The highest BCUT2D eigenvalue weighted by molar-refractivity contribution is 5.85. The Balaban J connectivity index is 0.00000242. The number of aryl methyl sites for hydroxylation is 1. The average molecular weight is 362 g/mol. The van der Waals surface area contributed by atoms with Gasteiger partial charge in [0.15, 0.2) is 0 Å². The van der Waals surface area contributed by atoms with E-state index < -0.39 is 0 Å². The summed E-state index contributed by atoms with van der Waals surface area (Å²) >= 11 is 0. The van der Waals surface area contributed by atoms with Gasteiger partial charge in [0.05, 0.1) is 0 Å². The molecule has 1 aliphatic rings. The fourth-order valence-electron chi connectivity index (χ4n) is 3.00. The van der Waals surface area contributed by atoms with Gasteiger partial charge in [0.25, 0.3) is 0 Å². The molecule has 0 aliphatic heterocycles. The van der Waals surface area contributed by atoms with Crippen molar-refractivity contribution in [3.05, 3.63) is 29.8 Å². The van der Waals surface area contributed by atoms with Crippen molar-refractivity contribution < 1.29 is 4.79 Å². The molecule has 0 atom stereocenters. The van der Waals surface area contributed by atoms with E-state index in [0.717, 1.165) is 24.3 Å². The number of rotatable bonds is 7. The molecule has 0 unspecified atom stereocenters. The first-order valence-corrected chi connectivity index (χ1v) is 7.97. The molecule has 2 rings (SSSR count). The number of carbonyl (C=O) groups excluding carboxylic acids is 1. The van der Waals surface area contributed by atoms with Gasteiger partial charge in [-0.05, 0) is 37.9 Å². The van der Waals surface area contributed by atoms with E-state index in [-0.39, 0.29) is 30.7 Å². The first kappa shape index (κ1) is 22.0.